The van der Waals surface area contributed by atoms with Crippen molar-refractivity contribution in [3.8, 4) is 29.1 Å². The third-order valence-corrected chi connectivity index (χ3v) is 6.73. The fraction of sp³-hybridized carbons (Fsp3) is 0.333. The van der Waals surface area contributed by atoms with E-state index in [0.717, 1.165) is 36.1 Å². The first-order valence-electron chi connectivity index (χ1n) is 13.6. The normalized spacial score (nSPS) is 14.5. The molecule has 1 heterocycles. The van der Waals surface area contributed by atoms with Crippen LogP contribution in [0.3, 0.4) is 0 Å². The molecule has 0 saturated heterocycles. The fourth-order valence-corrected chi connectivity index (χ4v) is 4.50. The molecule has 208 valence electrons. The Hall–Kier alpha value is -4.44. The highest BCUT2D eigenvalue weighted by Gasteiger charge is 2.31. The summed E-state index contributed by atoms with van der Waals surface area (Å²) in [5.41, 5.74) is 9.29. The summed E-state index contributed by atoms with van der Waals surface area (Å²) in [6.45, 7) is 8.98. The van der Waals surface area contributed by atoms with Crippen molar-refractivity contribution in [3.63, 3.8) is 0 Å². The van der Waals surface area contributed by atoms with Gasteiger partial charge in [-0.15, -0.1) is 0 Å². The van der Waals surface area contributed by atoms with Crippen LogP contribution in [0.15, 0.2) is 78.2 Å². The Kier molecular flexibility index (Phi) is 9.00. The minimum atomic E-state index is -0.553. The summed E-state index contributed by atoms with van der Waals surface area (Å²) in [4.78, 5) is 12.5. The van der Waals surface area contributed by atoms with Crippen molar-refractivity contribution in [3.05, 3.63) is 94.9 Å². The Morgan fingerprint density at radius 1 is 0.950 bits per heavy atom. The average Bonchev–Trinajstić information content (AvgIpc) is 2.93. The van der Waals surface area contributed by atoms with Gasteiger partial charge in [-0.3, -0.25) is 0 Å². The second-order valence-corrected chi connectivity index (χ2v) is 10.8. The second-order valence-electron chi connectivity index (χ2n) is 10.8. The van der Waals surface area contributed by atoms with Crippen LogP contribution in [0.1, 0.15) is 69.6 Å². The van der Waals surface area contributed by atoms with Crippen LogP contribution in [0.4, 0.5) is 0 Å². The van der Waals surface area contributed by atoms with Gasteiger partial charge in [-0.25, -0.2) is 4.79 Å². The zero-order valence-corrected chi connectivity index (χ0v) is 23.5. The molecule has 0 bridgehead atoms. The Morgan fingerprint density at radius 2 is 1.60 bits per heavy atom. The lowest BCUT2D eigenvalue weighted by molar-refractivity contribution is -0.136. The van der Waals surface area contributed by atoms with Gasteiger partial charge in [0.05, 0.1) is 12.5 Å². The lowest BCUT2D eigenvalue weighted by Crippen LogP contribution is -2.21. The molecular formula is C33H36N2O5. The van der Waals surface area contributed by atoms with Crippen molar-refractivity contribution >= 4 is 5.97 Å². The highest BCUT2D eigenvalue weighted by molar-refractivity contribution is 5.74. The molecule has 0 spiro atoms. The van der Waals surface area contributed by atoms with E-state index >= 15 is 0 Å². The number of hydrogen-bond acceptors (Lipinski definition) is 7. The number of unbranched alkanes of at least 4 members (excludes halogenated alkanes) is 2. The van der Waals surface area contributed by atoms with Crippen LogP contribution in [0, 0.1) is 11.3 Å². The standard InChI is InChI=1S/C33H36N2O5/c1-5-6-7-18-37-24-12-8-22(9-13-24)31-27-17-16-26(19-29(27)40-32(35)28(31)20-34)39-30(36)21-38-25-14-10-23(11-15-25)33(2,3)4/h8-17,19,31H,5-7,18,21,35H2,1-4H3. The molecule has 0 saturated carbocycles. The summed E-state index contributed by atoms with van der Waals surface area (Å²) >= 11 is 0. The SMILES string of the molecule is CCCCCOc1ccc(C2C(C#N)=C(N)Oc3cc(OC(=O)COc4ccc(C(C)(C)C)cc4)ccc32)cc1. The molecule has 4 rings (SSSR count). The smallest absolute Gasteiger partial charge is 0.349 e. The van der Waals surface area contributed by atoms with Crippen LogP contribution in [-0.2, 0) is 10.2 Å². The van der Waals surface area contributed by atoms with Gasteiger partial charge in [-0.2, -0.15) is 5.26 Å². The molecule has 1 aliphatic rings. The van der Waals surface area contributed by atoms with Crippen molar-refractivity contribution in [1.29, 1.82) is 5.26 Å². The van der Waals surface area contributed by atoms with Gasteiger partial charge in [0, 0.05) is 11.6 Å². The number of hydrogen-bond donors (Lipinski definition) is 1. The first-order valence-corrected chi connectivity index (χ1v) is 13.6. The van der Waals surface area contributed by atoms with Crippen LogP contribution in [0.5, 0.6) is 23.0 Å². The van der Waals surface area contributed by atoms with E-state index in [1.165, 1.54) is 5.56 Å². The van der Waals surface area contributed by atoms with E-state index in [2.05, 4.69) is 33.8 Å². The Bertz CT molecular complexity index is 1400. The van der Waals surface area contributed by atoms with Gasteiger partial charge in [0.15, 0.2) is 6.61 Å². The predicted octanol–water partition coefficient (Wildman–Crippen LogP) is 6.76. The molecule has 7 heteroatoms. The second kappa shape index (κ2) is 12.6. The number of nitriles is 1. The van der Waals surface area contributed by atoms with Gasteiger partial charge in [-0.05, 0) is 53.3 Å². The minimum absolute atomic E-state index is 0.0189. The molecule has 2 N–H and O–H groups in total. The zero-order chi connectivity index (χ0) is 28.7. The van der Waals surface area contributed by atoms with Gasteiger partial charge in [0.1, 0.15) is 34.6 Å². The molecule has 3 aromatic rings. The summed E-state index contributed by atoms with van der Waals surface area (Å²) in [7, 11) is 0. The topological polar surface area (TPSA) is 104 Å². The zero-order valence-electron chi connectivity index (χ0n) is 23.5. The molecule has 1 aliphatic heterocycles. The maximum absolute atomic E-state index is 12.5. The van der Waals surface area contributed by atoms with Gasteiger partial charge in [0.25, 0.3) is 0 Å². The number of nitrogens with zero attached hydrogens (tertiary/aromatic N) is 1. The van der Waals surface area contributed by atoms with Gasteiger partial charge in [0.2, 0.25) is 5.88 Å². The van der Waals surface area contributed by atoms with Crippen LogP contribution in [0.25, 0.3) is 0 Å². The Balaban J connectivity index is 1.44. The summed E-state index contributed by atoms with van der Waals surface area (Å²) in [6, 6.07) is 22.6. The van der Waals surface area contributed by atoms with E-state index in [4.69, 9.17) is 24.7 Å². The predicted molar refractivity (Wildman–Crippen MR) is 153 cm³/mol. The lowest BCUT2D eigenvalue weighted by Gasteiger charge is -2.26. The maximum Gasteiger partial charge on any atom is 0.349 e. The molecule has 0 aliphatic carbocycles. The quantitative estimate of drug-likeness (QED) is 0.172. The maximum atomic E-state index is 12.5. The number of rotatable bonds is 10. The highest BCUT2D eigenvalue weighted by Crippen LogP contribution is 2.43. The Labute approximate surface area is 236 Å². The van der Waals surface area contributed by atoms with Crippen LogP contribution in [-0.4, -0.2) is 19.2 Å². The highest BCUT2D eigenvalue weighted by atomic mass is 16.6. The van der Waals surface area contributed by atoms with Crippen LogP contribution >= 0.6 is 0 Å². The fourth-order valence-electron chi connectivity index (χ4n) is 4.50. The number of esters is 1. The largest absolute Gasteiger partial charge is 0.494 e. The van der Waals surface area contributed by atoms with E-state index in [0.29, 0.717) is 29.4 Å². The summed E-state index contributed by atoms with van der Waals surface area (Å²) < 4.78 is 22.7. The summed E-state index contributed by atoms with van der Waals surface area (Å²) in [5.74, 6) is 1.11. The average molecular weight is 541 g/mol. The van der Waals surface area contributed by atoms with E-state index in [1.54, 1.807) is 18.2 Å². The Morgan fingerprint density at radius 3 is 2.25 bits per heavy atom. The van der Waals surface area contributed by atoms with Gasteiger partial charge < -0.3 is 24.7 Å². The first kappa shape index (κ1) is 28.6. The summed E-state index contributed by atoms with van der Waals surface area (Å²) in [5, 5.41) is 9.85. The van der Waals surface area contributed by atoms with Crippen LogP contribution < -0.4 is 24.7 Å². The van der Waals surface area contributed by atoms with Gasteiger partial charge in [-0.1, -0.05) is 70.9 Å². The number of carbonyl (C=O) groups is 1. The molecule has 40 heavy (non-hydrogen) atoms. The number of carbonyl (C=O) groups excluding carboxylic acids is 1. The lowest BCUT2D eigenvalue weighted by atomic mass is 9.83. The third-order valence-electron chi connectivity index (χ3n) is 6.73. The molecule has 0 fully saturated rings. The third kappa shape index (κ3) is 6.95. The van der Waals surface area contributed by atoms with E-state index in [1.807, 2.05) is 48.5 Å². The number of fused-ring (bicyclic) bond motifs is 1. The van der Waals surface area contributed by atoms with Crippen molar-refractivity contribution < 1.29 is 23.7 Å². The number of allylic oxidation sites excluding steroid dienone is 1. The number of benzene rings is 3. The van der Waals surface area contributed by atoms with Crippen molar-refractivity contribution in [1.82, 2.24) is 0 Å². The van der Waals surface area contributed by atoms with Gasteiger partial charge >= 0.3 is 5.97 Å². The van der Waals surface area contributed by atoms with E-state index in [9.17, 15) is 10.1 Å². The van der Waals surface area contributed by atoms with Crippen LogP contribution in [0.2, 0.25) is 0 Å². The molecule has 1 atom stereocenters. The van der Waals surface area contributed by atoms with Crippen molar-refractivity contribution in [2.24, 2.45) is 5.73 Å². The van der Waals surface area contributed by atoms with Crippen molar-refractivity contribution in [2.45, 2.75) is 58.3 Å². The molecule has 3 aromatic carbocycles. The molecule has 1 unspecified atom stereocenters. The number of nitrogens with two attached hydrogens (primary N) is 1. The number of ether oxygens (including phenoxy) is 4. The molecule has 0 radical (unpaired) electrons. The van der Waals surface area contributed by atoms with E-state index < -0.39 is 11.9 Å². The molecular weight excluding hydrogens is 504 g/mol. The molecule has 7 nitrogen and oxygen atoms in total. The van der Waals surface area contributed by atoms with E-state index in [-0.39, 0.29) is 17.9 Å². The monoisotopic (exact) mass is 540 g/mol. The van der Waals surface area contributed by atoms with Crippen molar-refractivity contribution in [2.75, 3.05) is 13.2 Å². The first-order chi connectivity index (χ1) is 19.2. The molecule has 0 aromatic heterocycles. The minimum Gasteiger partial charge on any atom is -0.494 e. The molecule has 0 amide bonds. The summed E-state index contributed by atoms with van der Waals surface area (Å²) in [6.07, 6.45) is 3.27.